The molecule has 0 spiro atoms. The number of aromatic nitrogens is 2. The van der Waals surface area contributed by atoms with Gasteiger partial charge in [-0.15, -0.1) is 11.3 Å². The Morgan fingerprint density at radius 1 is 0.581 bits per heavy atom. The van der Waals surface area contributed by atoms with Gasteiger partial charge in [-0.1, -0.05) is 168 Å². The minimum atomic E-state index is -0.377. The fourth-order valence-corrected chi connectivity index (χ4v) is 9.96. The molecule has 3 unspecified atom stereocenters. The minimum absolute atomic E-state index is 0.0252. The Kier molecular flexibility index (Phi) is 29.8. The van der Waals surface area contributed by atoms with Crippen LogP contribution in [0.2, 0.25) is 0 Å². The van der Waals surface area contributed by atoms with Crippen LogP contribution < -0.4 is 5.32 Å². The molecule has 10 heteroatoms. The van der Waals surface area contributed by atoms with Gasteiger partial charge in [0.25, 0.3) is 0 Å². The highest BCUT2D eigenvalue weighted by atomic mass is 32.1. The van der Waals surface area contributed by atoms with E-state index in [1.165, 1.54) is 96.3 Å². The number of carbonyl (C=O) groups excluding carboxylic acids is 1. The van der Waals surface area contributed by atoms with Crippen molar-refractivity contribution < 1.29 is 20.1 Å². The quantitative estimate of drug-likeness (QED) is 0.0417. The third kappa shape index (κ3) is 23.1. The topological polar surface area (TPSA) is 122 Å². The predicted molar refractivity (Wildman–Crippen MR) is 266 cm³/mol. The maximum atomic E-state index is 13.3. The number of amides is 1. The van der Waals surface area contributed by atoms with Crippen LogP contribution in [0, 0.1) is 0 Å². The number of hydrogen-bond acceptors (Lipinski definition) is 9. The van der Waals surface area contributed by atoms with Crippen molar-refractivity contribution in [3.63, 3.8) is 0 Å². The fraction of sp³-hybridized carbons (Fsp3) is 0.788. The lowest BCUT2D eigenvalue weighted by atomic mass is 10.1. The molecule has 3 rings (SSSR count). The third-order valence-corrected chi connectivity index (χ3v) is 13.6. The van der Waals surface area contributed by atoms with Crippen molar-refractivity contribution >= 4 is 44.2 Å². The molecule has 1 aromatic carbocycles. The monoisotopic (exact) mass is 882 g/mol. The summed E-state index contributed by atoms with van der Waals surface area (Å²) in [4.78, 5) is 27.7. The molecule has 9 nitrogen and oxygen atoms in total. The molecule has 3 aromatic rings. The largest absolute Gasteiger partial charge is 0.392 e. The van der Waals surface area contributed by atoms with Crippen molar-refractivity contribution in [1.82, 2.24) is 19.8 Å². The van der Waals surface area contributed by atoms with E-state index in [2.05, 4.69) is 48.9 Å². The average Bonchev–Trinajstić information content (AvgIpc) is 3.69. The van der Waals surface area contributed by atoms with Crippen molar-refractivity contribution in [2.45, 2.75) is 226 Å². The van der Waals surface area contributed by atoms with Crippen molar-refractivity contribution in [2.24, 2.45) is 0 Å². The van der Waals surface area contributed by atoms with Crippen LogP contribution >= 0.6 is 11.3 Å². The van der Waals surface area contributed by atoms with E-state index < -0.39 is 0 Å². The lowest BCUT2D eigenvalue weighted by Crippen LogP contribution is -2.40. The summed E-state index contributed by atoms with van der Waals surface area (Å²) in [6.45, 7) is 13.3. The maximum Gasteiger partial charge on any atom is 0.225 e. The zero-order valence-electron chi connectivity index (χ0n) is 40.0. The number of carbonyl (C=O) groups is 1. The average molecular weight is 882 g/mol. The standard InChI is InChI=1S/C52H91N5O4S/c1-5-9-12-15-18-22-31-43(58)40-56(38-29-39-57(41-44(59)32-23-19-16-13-10-6-2)42-45(60)33-24-20-17-14-11-7-3)37-28-21-25-36-48(61)54-52-50-51(62-49(55-50)30-8-4)46-34-26-27-35-47(46)53-52/h26-27,34-35,43-45,58-60H,5-25,28-33,36-42H2,1-4H3,(H,53,54,61). The summed E-state index contributed by atoms with van der Waals surface area (Å²) >= 11 is 1.70. The minimum Gasteiger partial charge on any atom is -0.392 e. The molecular weight excluding hydrogens is 791 g/mol. The van der Waals surface area contributed by atoms with Gasteiger partial charge < -0.3 is 25.5 Å². The van der Waals surface area contributed by atoms with E-state index in [1.807, 2.05) is 18.2 Å². The van der Waals surface area contributed by atoms with Gasteiger partial charge in [0, 0.05) is 31.4 Å². The molecule has 2 heterocycles. The van der Waals surface area contributed by atoms with Crippen molar-refractivity contribution in [3.05, 3.63) is 29.3 Å². The van der Waals surface area contributed by atoms with Gasteiger partial charge >= 0.3 is 0 Å². The maximum absolute atomic E-state index is 13.3. The number of benzene rings is 1. The molecule has 3 atom stereocenters. The smallest absolute Gasteiger partial charge is 0.225 e. The Morgan fingerprint density at radius 3 is 1.63 bits per heavy atom. The summed E-state index contributed by atoms with van der Waals surface area (Å²) in [7, 11) is 0. The van der Waals surface area contributed by atoms with E-state index in [4.69, 9.17) is 9.97 Å². The van der Waals surface area contributed by atoms with E-state index in [0.717, 1.165) is 123 Å². The zero-order valence-corrected chi connectivity index (χ0v) is 40.8. The van der Waals surface area contributed by atoms with Gasteiger partial charge in [0.2, 0.25) is 5.91 Å². The Balaban J connectivity index is 1.55. The second-order valence-electron chi connectivity index (χ2n) is 18.4. The van der Waals surface area contributed by atoms with Crippen LogP contribution in [0.3, 0.4) is 0 Å². The van der Waals surface area contributed by atoms with Crippen molar-refractivity contribution in [1.29, 1.82) is 0 Å². The highest BCUT2D eigenvalue weighted by molar-refractivity contribution is 7.19. The molecule has 0 aliphatic heterocycles. The van der Waals surface area contributed by atoms with Gasteiger partial charge in [-0.25, -0.2) is 9.97 Å². The summed E-state index contributed by atoms with van der Waals surface area (Å²) in [5.41, 5.74) is 1.66. The number of thiazole rings is 1. The van der Waals surface area contributed by atoms with Gasteiger partial charge in [0.15, 0.2) is 5.82 Å². The summed E-state index contributed by atoms with van der Waals surface area (Å²) in [6, 6.07) is 8.10. The first-order valence-electron chi connectivity index (χ1n) is 25.7. The molecule has 0 radical (unpaired) electrons. The van der Waals surface area contributed by atoms with Gasteiger partial charge in [0.1, 0.15) is 5.52 Å². The number of aliphatic hydroxyl groups excluding tert-OH is 3. The molecule has 0 aliphatic carbocycles. The molecule has 0 saturated carbocycles. The molecule has 0 bridgehead atoms. The van der Waals surface area contributed by atoms with Crippen LogP contribution in [0.15, 0.2) is 24.3 Å². The summed E-state index contributed by atoms with van der Waals surface area (Å²) in [5.74, 6) is 0.537. The number of anilines is 1. The molecule has 0 saturated heterocycles. The Labute approximate surface area is 382 Å². The highest BCUT2D eigenvalue weighted by Crippen LogP contribution is 2.34. The second kappa shape index (κ2) is 34.2. The molecule has 0 fully saturated rings. The number of nitrogens with zero attached hydrogens (tertiary/aromatic N) is 4. The number of aliphatic hydroxyl groups is 3. The van der Waals surface area contributed by atoms with E-state index in [0.29, 0.717) is 31.9 Å². The van der Waals surface area contributed by atoms with Crippen LogP contribution in [-0.4, -0.2) is 98.6 Å². The molecule has 0 aliphatic rings. The first-order valence-corrected chi connectivity index (χ1v) is 26.6. The number of pyridine rings is 1. The predicted octanol–water partition coefficient (Wildman–Crippen LogP) is 12.6. The molecular formula is C52H91N5O4S. The zero-order chi connectivity index (χ0) is 44.6. The van der Waals surface area contributed by atoms with E-state index >= 15 is 0 Å². The SMILES string of the molecule is CCCCCCCCC(O)CN(CCCCCC(=O)Nc1nc2ccccc2c2sc(CCC)nc12)CCCN(CC(O)CCCCCCCC)CC(O)CCCCCCCC. The first-order chi connectivity index (χ1) is 30.3. The number of aryl methyl sites for hydroxylation is 1. The number of hydrogen-bond donors (Lipinski definition) is 4. The Hall–Kier alpha value is -2.21. The van der Waals surface area contributed by atoms with E-state index in [1.54, 1.807) is 11.3 Å². The van der Waals surface area contributed by atoms with Crippen LogP contribution in [0.25, 0.3) is 21.1 Å². The van der Waals surface area contributed by atoms with E-state index in [-0.39, 0.29) is 24.2 Å². The lowest BCUT2D eigenvalue weighted by molar-refractivity contribution is -0.116. The summed E-state index contributed by atoms with van der Waals surface area (Å²) < 4.78 is 1.09. The number of para-hydroxylation sites is 1. The summed E-state index contributed by atoms with van der Waals surface area (Å²) in [6.07, 6.45) is 29.2. The molecule has 2 aromatic heterocycles. The number of rotatable bonds is 40. The highest BCUT2D eigenvalue weighted by Gasteiger charge is 2.19. The molecule has 354 valence electrons. The molecule has 4 N–H and O–H groups in total. The summed E-state index contributed by atoms with van der Waals surface area (Å²) in [5, 5.41) is 38.7. The van der Waals surface area contributed by atoms with Gasteiger partial charge in [-0.2, -0.15) is 0 Å². The van der Waals surface area contributed by atoms with Crippen molar-refractivity contribution in [2.75, 3.05) is 44.6 Å². The normalized spacial score (nSPS) is 13.5. The Morgan fingerprint density at radius 2 is 1.06 bits per heavy atom. The van der Waals surface area contributed by atoms with Gasteiger partial charge in [-0.3, -0.25) is 9.69 Å². The molecule has 1 amide bonds. The van der Waals surface area contributed by atoms with Crippen LogP contribution in [0.4, 0.5) is 5.82 Å². The fourth-order valence-electron chi connectivity index (χ4n) is 8.76. The van der Waals surface area contributed by atoms with E-state index in [9.17, 15) is 20.1 Å². The number of nitrogens with one attached hydrogen (secondary N) is 1. The lowest BCUT2D eigenvalue weighted by Gasteiger charge is -2.30. The first kappa shape index (κ1) is 54.1. The van der Waals surface area contributed by atoms with Crippen LogP contribution in [0.1, 0.15) is 206 Å². The number of unbranched alkanes of at least 4 members (excludes halogenated alkanes) is 17. The van der Waals surface area contributed by atoms with Gasteiger partial charge in [0.05, 0.1) is 33.5 Å². The molecule has 62 heavy (non-hydrogen) atoms. The Bertz CT molecular complexity index is 1550. The second-order valence-corrected chi connectivity index (χ2v) is 19.5. The third-order valence-electron chi connectivity index (χ3n) is 12.4. The van der Waals surface area contributed by atoms with Crippen molar-refractivity contribution in [3.8, 4) is 0 Å². The van der Waals surface area contributed by atoms with Crippen LogP contribution in [0.5, 0.6) is 0 Å². The number of fused-ring (bicyclic) bond motifs is 3. The van der Waals surface area contributed by atoms with Gasteiger partial charge in [-0.05, 0) is 77.1 Å². The van der Waals surface area contributed by atoms with Crippen LogP contribution in [-0.2, 0) is 11.2 Å².